The summed E-state index contributed by atoms with van der Waals surface area (Å²) in [5.74, 6) is 1.98. The van der Waals surface area contributed by atoms with Crippen molar-refractivity contribution in [2.75, 3.05) is 0 Å². The molecule has 0 amide bonds. The molecule has 0 atom stereocenters. The third-order valence-corrected chi connectivity index (χ3v) is 1.79. The fourth-order valence-electron chi connectivity index (χ4n) is 1.19. The Morgan fingerprint density at radius 3 is 2.58 bits per heavy atom. The van der Waals surface area contributed by atoms with Gasteiger partial charge in [-0.3, -0.25) is 0 Å². The van der Waals surface area contributed by atoms with Crippen LogP contribution in [0.2, 0.25) is 0 Å². The van der Waals surface area contributed by atoms with Gasteiger partial charge in [0, 0.05) is 5.70 Å². The summed E-state index contributed by atoms with van der Waals surface area (Å²) in [6.45, 7) is 0. The average molecular weight is 154 g/mol. The molecule has 1 aromatic carbocycles. The van der Waals surface area contributed by atoms with E-state index in [0.29, 0.717) is 0 Å². The predicted octanol–water partition coefficient (Wildman–Crippen LogP) is 1.76. The standard InChI is InChI=1S/C10H9BN/c1-2-5-9(6-3-1)10-7-4-8-11-12-10/h1-8,12H. The number of nitrogens with one attached hydrogen (secondary N) is 1. The molecule has 0 aliphatic carbocycles. The molecule has 57 valence electrons. The highest BCUT2D eigenvalue weighted by Gasteiger charge is 2.00. The lowest BCUT2D eigenvalue weighted by Gasteiger charge is -2.10. The molecule has 2 rings (SSSR count). The maximum absolute atomic E-state index is 3.18. The molecule has 1 aliphatic heterocycles. The van der Waals surface area contributed by atoms with E-state index in [9.17, 15) is 0 Å². The molecule has 0 fully saturated rings. The maximum atomic E-state index is 3.18. The van der Waals surface area contributed by atoms with E-state index in [1.807, 2.05) is 37.7 Å². The Hall–Kier alpha value is -1.44. The predicted molar refractivity (Wildman–Crippen MR) is 52.4 cm³/mol. The van der Waals surface area contributed by atoms with Gasteiger partial charge < -0.3 is 5.23 Å². The summed E-state index contributed by atoms with van der Waals surface area (Å²) in [7, 11) is 1.93. The van der Waals surface area contributed by atoms with Crippen LogP contribution in [0.4, 0.5) is 0 Å². The Kier molecular flexibility index (Phi) is 1.99. The zero-order valence-corrected chi connectivity index (χ0v) is 6.70. The van der Waals surface area contributed by atoms with Gasteiger partial charge in [0.05, 0.1) is 0 Å². The molecule has 1 N–H and O–H groups in total. The molecule has 12 heavy (non-hydrogen) atoms. The molecule has 0 spiro atoms. The molecule has 1 aliphatic rings. The van der Waals surface area contributed by atoms with Crippen molar-refractivity contribution in [3.63, 3.8) is 0 Å². The summed E-state index contributed by atoms with van der Waals surface area (Å²) in [6, 6.07) is 10.3. The van der Waals surface area contributed by atoms with Crippen molar-refractivity contribution in [2.24, 2.45) is 0 Å². The lowest BCUT2D eigenvalue weighted by molar-refractivity contribution is 1.35. The van der Waals surface area contributed by atoms with Gasteiger partial charge >= 0.3 is 0 Å². The van der Waals surface area contributed by atoms with Crippen LogP contribution in [0.1, 0.15) is 5.56 Å². The Morgan fingerprint density at radius 1 is 1.08 bits per heavy atom. The first-order chi connectivity index (χ1) is 5.97. The summed E-state index contributed by atoms with van der Waals surface area (Å²) in [5.41, 5.74) is 2.37. The van der Waals surface area contributed by atoms with Gasteiger partial charge in [0.15, 0.2) is 0 Å². The first-order valence-corrected chi connectivity index (χ1v) is 3.99. The molecule has 1 nitrogen and oxygen atoms in total. The largest absolute Gasteiger partial charge is 0.428 e. The second-order valence-electron chi connectivity index (χ2n) is 2.64. The van der Waals surface area contributed by atoms with Crippen molar-refractivity contribution in [1.82, 2.24) is 5.23 Å². The van der Waals surface area contributed by atoms with E-state index < -0.39 is 0 Å². The summed E-state index contributed by atoms with van der Waals surface area (Å²) >= 11 is 0. The van der Waals surface area contributed by atoms with Gasteiger partial charge in [0.1, 0.15) is 0 Å². The van der Waals surface area contributed by atoms with Crippen molar-refractivity contribution in [3.8, 4) is 0 Å². The quantitative estimate of drug-likeness (QED) is 0.607. The highest BCUT2D eigenvalue weighted by Crippen LogP contribution is 2.11. The minimum Gasteiger partial charge on any atom is -0.428 e. The van der Waals surface area contributed by atoms with Crippen LogP contribution in [0.15, 0.2) is 48.5 Å². The van der Waals surface area contributed by atoms with Gasteiger partial charge in [-0.25, -0.2) is 0 Å². The van der Waals surface area contributed by atoms with Crippen LogP contribution in [-0.2, 0) is 0 Å². The first-order valence-electron chi connectivity index (χ1n) is 3.99. The second kappa shape index (κ2) is 3.31. The number of allylic oxidation sites excluding steroid dienone is 2. The van der Waals surface area contributed by atoms with Gasteiger partial charge in [-0.2, -0.15) is 0 Å². The summed E-state index contributed by atoms with van der Waals surface area (Å²) < 4.78 is 0. The molecule has 1 aromatic rings. The van der Waals surface area contributed by atoms with Crippen LogP contribution in [0.25, 0.3) is 5.70 Å². The molecule has 0 bridgehead atoms. The minimum atomic E-state index is 1.15. The zero-order chi connectivity index (χ0) is 8.23. The Morgan fingerprint density at radius 2 is 1.92 bits per heavy atom. The number of benzene rings is 1. The smallest absolute Gasteiger partial charge is 0.274 e. The van der Waals surface area contributed by atoms with Gasteiger partial charge in [0.25, 0.3) is 7.41 Å². The Labute approximate surface area is 73.1 Å². The van der Waals surface area contributed by atoms with Crippen LogP contribution in [-0.4, -0.2) is 7.41 Å². The van der Waals surface area contributed by atoms with E-state index in [1.165, 1.54) is 5.56 Å². The molecule has 2 heteroatoms. The summed E-state index contributed by atoms with van der Waals surface area (Å²) in [6.07, 6.45) is 4.09. The van der Waals surface area contributed by atoms with E-state index in [1.54, 1.807) is 0 Å². The van der Waals surface area contributed by atoms with E-state index in [4.69, 9.17) is 0 Å². The molecule has 0 saturated carbocycles. The molecule has 0 aromatic heterocycles. The number of hydrogen-bond acceptors (Lipinski definition) is 1. The van der Waals surface area contributed by atoms with Gasteiger partial charge in [-0.1, -0.05) is 42.4 Å². The van der Waals surface area contributed by atoms with Crippen molar-refractivity contribution in [2.45, 2.75) is 0 Å². The van der Waals surface area contributed by atoms with Gasteiger partial charge in [0.2, 0.25) is 0 Å². The fraction of sp³-hybridized carbons (Fsp3) is 0. The van der Waals surface area contributed by atoms with Crippen molar-refractivity contribution in [3.05, 3.63) is 54.0 Å². The zero-order valence-electron chi connectivity index (χ0n) is 6.70. The third kappa shape index (κ3) is 1.42. The van der Waals surface area contributed by atoms with Crippen LogP contribution >= 0.6 is 0 Å². The second-order valence-corrected chi connectivity index (χ2v) is 2.64. The molecule has 0 unspecified atom stereocenters. The summed E-state index contributed by atoms with van der Waals surface area (Å²) in [5, 5.41) is 3.18. The van der Waals surface area contributed by atoms with E-state index in [0.717, 1.165) is 5.70 Å². The highest BCUT2D eigenvalue weighted by atomic mass is 14.8. The normalized spacial score (nSPS) is 14.5. The van der Waals surface area contributed by atoms with Crippen LogP contribution < -0.4 is 5.23 Å². The average Bonchev–Trinajstić information content (AvgIpc) is 2.21. The lowest BCUT2D eigenvalue weighted by Crippen LogP contribution is -2.17. The third-order valence-electron chi connectivity index (χ3n) is 1.79. The van der Waals surface area contributed by atoms with Gasteiger partial charge in [-0.15, -0.1) is 0 Å². The first kappa shape index (κ1) is 7.23. The van der Waals surface area contributed by atoms with Crippen LogP contribution in [0.5, 0.6) is 0 Å². The minimum absolute atomic E-state index is 1.15. The van der Waals surface area contributed by atoms with E-state index in [2.05, 4.69) is 23.4 Å². The Bertz CT molecular complexity index is 314. The fourth-order valence-corrected chi connectivity index (χ4v) is 1.19. The van der Waals surface area contributed by atoms with Crippen molar-refractivity contribution < 1.29 is 0 Å². The molecular weight excluding hydrogens is 145 g/mol. The topological polar surface area (TPSA) is 12.0 Å². The molecule has 1 heterocycles. The lowest BCUT2D eigenvalue weighted by atomic mass is 9.89. The number of rotatable bonds is 1. The Balaban J connectivity index is 2.31. The van der Waals surface area contributed by atoms with Gasteiger partial charge in [-0.05, 0) is 11.6 Å². The van der Waals surface area contributed by atoms with E-state index in [-0.39, 0.29) is 0 Å². The summed E-state index contributed by atoms with van der Waals surface area (Å²) in [4.78, 5) is 0. The van der Waals surface area contributed by atoms with Crippen molar-refractivity contribution in [1.29, 1.82) is 0 Å². The van der Waals surface area contributed by atoms with E-state index >= 15 is 0 Å². The molecular formula is C10H9BN. The maximum Gasteiger partial charge on any atom is 0.274 e. The highest BCUT2D eigenvalue weighted by molar-refractivity contribution is 6.41. The SMILES string of the molecule is [B]1C=CC=C(c2ccccc2)N1. The van der Waals surface area contributed by atoms with Crippen LogP contribution in [0, 0.1) is 0 Å². The van der Waals surface area contributed by atoms with Crippen LogP contribution in [0.3, 0.4) is 0 Å². The monoisotopic (exact) mass is 154 g/mol. The van der Waals surface area contributed by atoms with Crippen molar-refractivity contribution >= 4 is 13.1 Å². The molecule has 1 radical (unpaired) electrons. The molecule has 0 saturated heterocycles. The number of hydrogen-bond donors (Lipinski definition) is 1.